The van der Waals surface area contributed by atoms with Crippen molar-refractivity contribution >= 4 is 11.3 Å². The Hall–Kier alpha value is -0.380. The Morgan fingerprint density at radius 2 is 2.43 bits per heavy atom. The molecule has 1 unspecified atom stereocenters. The van der Waals surface area contributed by atoms with Crippen molar-refractivity contribution in [2.24, 2.45) is 0 Å². The van der Waals surface area contributed by atoms with Gasteiger partial charge in [0.15, 0.2) is 0 Å². The quantitative estimate of drug-likeness (QED) is 0.702. The predicted octanol–water partition coefficient (Wildman–Crippen LogP) is 2.31. The molecule has 14 heavy (non-hydrogen) atoms. The Bertz CT molecular complexity index is 223. The summed E-state index contributed by atoms with van der Waals surface area (Å²) in [6, 6.07) is 4.72. The molecule has 0 fully saturated rings. The summed E-state index contributed by atoms with van der Waals surface area (Å²) in [6.07, 6.45) is 2.16. The average molecular weight is 213 g/mol. The van der Waals surface area contributed by atoms with Crippen LogP contribution in [0.2, 0.25) is 0 Å². The van der Waals surface area contributed by atoms with E-state index >= 15 is 0 Å². The normalized spacial score (nSPS) is 13.0. The van der Waals surface area contributed by atoms with Crippen LogP contribution >= 0.6 is 11.3 Å². The fraction of sp³-hybridized carbons (Fsp3) is 0.636. The zero-order chi connectivity index (χ0) is 10.2. The van der Waals surface area contributed by atoms with Crippen LogP contribution < -0.4 is 5.32 Å². The lowest BCUT2D eigenvalue weighted by Gasteiger charge is -2.15. The van der Waals surface area contributed by atoms with Gasteiger partial charge < -0.3 is 10.1 Å². The van der Waals surface area contributed by atoms with Crippen molar-refractivity contribution in [3.63, 3.8) is 0 Å². The Kier molecular flexibility index (Phi) is 5.83. The van der Waals surface area contributed by atoms with Crippen LogP contribution in [0.15, 0.2) is 17.5 Å². The van der Waals surface area contributed by atoms with Gasteiger partial charge in [0.1, 0.15) is 0 Å². The average Bonchev–Trinajstić information content (AvgIpc) is 2.69. The Labute approximate surface area is 90.3 Å². The first kappa shape index (κ1) is 11.7. The maximum Gasteiger partial charge on any atom is 0.0623 e. The van der Waals surface area contributed by atoms with Gasteiger partial charge in [0.05, 0.1) is 6.61 Å². The molecule has 0 aliphatic carbocycles. The van der Waals surface area contributed by atoms with Gasteiger partial charge in [0, 0.05) is 17.5 Å². The lowest BCUT2D eigenvalue weighted by Crippen LogP contribution is -2.32. The molecule has 3 heteroatoms. The zero-order valence-corrected chi connectivity index (χ0v) is 9.77. The van der Waals surface area contributed by atoms with Gasteiger partial charge in [-0.1, -0.05) is 13.0 Å². The van der Waals surface area contributed by atoms with E-state index in [1.54, 1.807) is 0 Å². The molecule has 0 radical (unpaired) electrons. The number of likely N-dealkylation sites (N-methyl/N-ethyl adjacent to an activating group) is 1. The van der Waals surface area contributed by atoms with Crippen LogP contribution in [0.3, 0.4) is 0 Å². The maximum atomic E-state index is 5.53. The minimum atomic E-state index is 0.445. The van der Waals surface area contributed by atoms with E-state index in [1.165, 1.54) is 4.88 Å². The van der Waals surface area contributed by atoms with Crippen LogP contribution in [0.5, 0.6) is 0 Å². The summed E-state index contributed by atoms with van der Waals surface area (Å²) in [6.45, 7) is 3.80. The fourth-order valence-electron chi connectivity index (χ4n) is 1.29. The van der Waals surface area contributed by atoms with Crippen molar-refractivity contribution in [3.05, 3.63) is 22.4 Å². The maximum absolute atomic E-state index is 5.53. The van der Waals surface area contributed by atoms with Crippen LogP contribution in [0.4, 0.5) is 0 Å². The molecule has 0 bridgehead atoms. The molecule has 0 saturated heterocycles. The lowest BCUT2D eigenvalue weighted by molar-refractivity contribution is 0.114. The van der Waals surface area contributed by atoms with Crippen molar-refractivity contribution < 1.29 is 4.74 Å². The monoisotopic (exact) mass is 213 g/mol. The third-order valence-electron chi connectivity index (χ3n) is 2.10. The van der Waals surface area contributed by atoms with E-state index in [0.29, 0.717) is 6.04 Å². The van der Waals surface area contributed by atoms with Crippen LogP contribution in [0, 0.1) is 0 Å². The van der Waals surface area contributed by atoms with Crippen molar-refractivity contribution in [3.8, 4) is 0 Å². The van der Waals surface area contributed by atoms with E-state index in [9.17, 15) is 0 Å². The van der Waals surface area contributed by atoms with Gasteiger partial charge >= 0.3 is 0 Å². The Morgan fingerprint density at radius 3 is 3.00 bits per heavy atom. The Balaban J connectivity index is 2.24. The highest BCUT2D eigenvalue weighted by atomic mass is 32.1. The molecule has 1 aromatic rings. The third-order valence-corrected chi connectivity index (χ3v) is 3.00. The van der Waals surface area contributed by atoms with Gasteiger partial charge in [-0.25, -0.2) is 0 Å². The van der Waals surface area contributed by atoms with E-state index < -0.39 is 0 Å². The highest BCUT2D eigenvalue weighted by molar-refractivity contribution is 7.09. The van der Waals surface area contributed by atoms with Gasteiger partial charge in [0.25, 0.3) is 0 Å². The molecule has 0 spiro atoms. The number of hydrogen-bond donors (Lipinski definition) is 1. The molecule has 1 heterocycles. The van der Waals surface area contributed by atoms with E-state index in [2.05, 4.69) is 29.8 Å². The largest absolute Gasteiger partial charge is 0.380 e. The number of hydrogen-bond acceptors (Lipinski definition) is 3. The first-order valence-corrected chi connectivity index (χ1v) is 6.02. The second-order valence-corrected chi connectivity index (χ2v) is 4.38. The molecule has 80 valence electrons. The van der Waals surface area contributed by atoms with Gasteiger partial charge in [-0.15, -0.1) is 11.3 Å². The van der Waals surface area contributed by atoms with Gasteiger partial charge in [-0.3, -0.25) is 0 Å². The molecule has 2 nitrogen and oxygen atoms in total. The summed E-state index contributed by atoms with van der Waals surface area (Å²) in [5, 5.41) is 5.40. The van der Waals surface area contributed by atoms with Crippen molar-refractivity contribution in [1.82, 2.24) is 5.32 Å². The second kappa shape index (κ2) is 6.98. The molecule has 1 N–H and O–H groups in total. The zero-order valence-electron chi connectivity index (χ0n) is 8.95. The minimum absolute atomic E-state index is 0.445. The van der Waals surface area contributed by atoms with Gasteiger partial charge in [0.2, 0.25) is 0 Å². The summed E-state index contributed by atoms with van der Waals surface area (Å²) in [4.78, 5) is 1.42. The van der Waals surface area contributed by atoms with Crippen LogP contribution in [-0.4, -0.2) is 26.3 Å². The summed E-state index contributed by atoms with van der Waals surface area (Å²) in [7, 11) is 1.99. The van der Waals surface area contributed by atoms with Crippen molar-refractivity contribution in [2.45, 2.75) is 25.8 Å². The highest BCUT2D eigenvalue weighted by Gasteiger charge is 2.07. The number of nitrogens with one attached hydrogen (secondary N) is 1. The summed E-state index contributed by atoms with van der Waals surface area (Å²) in [5.74, 6) is 0. The molecule has 0 aliphatic heterocycles. The third kappa shape index (κ3) is 4.22. The van der Waals surface area contributed by atoms with Gasteiger partial charge in [-0.05, 0) is 31.3 Å². The standard InChI is InChI=1S/C11H19NOS/c1-3-6-13-9-10(12-2)8-11-5-4-7-14-11/h4-5,7,10,12H,3,6,8-9H2,1-2H3. The number of thiophene rings is 1. The lowest BCUT2D eigenvalue weighted by atomic mass is 10.2. The van der Waals surface area contributed by atoms with Crippen molar-refractivity contribution in [2.75, 3.05) is 20.3 Å². The second-order valence-electron chi connectivity index (χ2n) is 3.34. The molecule has 1 atom stereocenters. The molecule has 1 aromatic heterocycles. The van der Waals surface area contributed by atoms with E-state index in [1.807, 2.05) is 18.4 Å². The molecule has 0 saturated carbocycles. The van der Waals surface area contributed by atoms with Crippen LogP contribution in [0.1, 0.15) is 18.2 Å². The van der Waals surface area contributed by atoms with Crippen molar-refractivity contribution in [1.29, 1.82) is 0 Å². The smallest absolute Gasteiger partial charge is 0.0623 e. The molecule has 0 aromatic carbocycles. The number of rotatable bonds is 7. The molecular weight excluding hydrogens is 194 g/mol. The topological polar surface area (TPSA) is 21.3 Å². The number of ether oxygens (including phenoxy) is 1. The molecule has 0 amide bonds. The molecular formula is C11H19NOS. The minimum Gasteiger partial charge on any atom is -0.380 e. The first-order chi connectivity index (χ1) is 6.86. The Morgan fingerprint density at radius 1 is 1.57 bits per heavy atom. The van der Waals surface area contributed by atoms with E-state index in [-0.39, 0.29) is 0 Å². The summed E-state index contributed by atoms with van der Waals surface area (Å²) in [5.41, 5.74) is 0. The summed E-state index contributed by atoms with van der Waals surface area (Å²) >= 11 is 1.81. The van der Waals surface area contributed by atoms with Crippen LogP contribution in [0.25, 0.3) is 0 Å². The van der Waals surface area contributed by atoms with E-state index in [0.717, 1.165) is 26.1 Å². The van der Waals surface area contributed by atoms with Gasteiger partial charge in [-0.2, -0.15) is 0 Å². The SMILES string of the molecule is CCCOCC(Cc1cccs1)NC. The first-order valence-electron chi connectivity index (χ1n) is 5.14. The van der Waals surface area contributed by atoms with Crippen LogP contribution in [-0.2, 0) is 11.2 Å². The molecule has 1 rings (SSSR count). The molecule has 0 aliphatic rings. The predicted molar refractivity (Wildman–Crippen MR) is 62.0 cm³/mol. The van der Waals surface area contributed by atoms with E-state index in [4.69, 9.17) is 4.74 Å². The summed E-state index contributed by atoms with van der Waals surface area (Å²) < 4.78 is 5.53. The highest BCUT2D eigenvalue weighted by Crippen LogP contribution is 2.11. The fourth-order valence-corrected chi connectivity index (χ4v) is 2.07.